The molecule has 0 spiro atoms. The molecule has 0 saturated carbocycles. The molecule has 1 aromatic rings. The fraction of sp³-hybridized carbons (Fsp3) is 0.200. The second kappa shape index (κ2) is 4.12. The summed E-state index contributed by atoms with van der Waals surface area (Å²) in [6, 6.07) is 5.21. The van der Waals surface area contributed by atoms with Gasteiger partial charge in [0.15, 0.2) is 0 Å². The van der Waals surface area contributed by atoms with Crippen molar-refractivity contribution in [1.82, 2.24) is 0 Å². The summed E-state index contributed by atoms with van der Waals surface area (Å²) in [6.07, 6.45) is -0.176. The summed E-state index contributed by atoms with van der Waals surface area (Å²) < 4.78 is 0. The van der Waals surface area contributed by atoms with Gasteiger partial charge in [0.1, 0.15) is 6.07 Å². The van der Waals surface area contributed by atoms with Gasteiger partial charge in [-0.2, -0.15) is 5.26 Å². The normalized spacial score (nSPS) is 9.50. The third kappa shape index (κ3) is 2.24. The molecule has 0 aliphatic rings. The van der Waals surface area contributed by atoms with Crippen molar-refractivity contribution in [3.63, 3.8) is 0 Å². The maximum absolute atomic E-state index is 10.5. The second-order valence-electron chi connectivity index (χ2n) is 2.96. The van der Waals surface area contributed by atoms with Crippen LogP contribution >= 0.6 is 11.6 Å². The van der Waals surface area contributed by atoms with Gasteiger partial charge in [0.25, 0.3) is 0 Å². The minimum Gasteiger partial charge on any atom is -0.481 e. The molecule has 14 heavy (non-hydrogen) atoms. The Morgan fingerprint density at radius 3 is 2.79 bits per heavy atom. The van der Waals surface area contributed by atoms with E-state index in [2.05, 4.69) is 0 Å². The van der Waals surface area contributed by atoms with Crippen LogP contribution in [0.4, 0.5) is 0 Å². The van der Waals surface area contributed by atoms with E-state index in [9.17, 15) is 4.79 Å². The van der Waals surface area contributed by atoms with Gasteiger partial charge in [-0.1, -0.05) is 17.7 Å². The number of nitriles is 1. The highest BCUT2D eigenvalue weighted by Gasteiger charge is 2.10. The Kier molecular flexibility index (Phi) is 3.10. The summed E-state index contributed by atoms with van der Waals surface area (Å²) in [5, 5.41) is 17.7. The molecule has 1 rings (SSSR count). The summed E-state index contributed by atoms with van der Waals surface area (Å²) in [4.78, 5) is 10.5. The molecule has 4 heteroatoms. The van der Waals surface area contributed by atoms with Crippen molar-refractivity contribution < 1.29 is 9.90 Å². The number of nitrogens with zero attached hydrogens (tertiary/aromatic N) is 1. The van der Waals surface area contributed by atoms with E-state index in [0.717, 1.165) is 5.56 Å². The van der Waals surface area contributed by atoms with Crippen molar-refractivity contribution in [3.05, 3.63) is 33.8 Å². The first-order chi connectivity index (χ1) is 6.54. The predicted octanol–water partition coefficient (Wildman–Crippen LogP) is 2.15. The van der Waals surface area contributed by atoms with E-state index in [1.165, 1.54) is 0 Å². The standard InChI is InChI=1S/C10H8ClNO2/c1-6-2-7(4-10(13)14)8(5-12)9(11)3-6/h2-3H,4H2,1H3,(H,13,14). The Morgan fingerprint density at radius 1 is 1.64 bits per heavy atom. The number of halogens is 1. The predicted molar refractivity (Wildman–Crippen MR) is 52.2 cm³/mol. The zero-order chi connectivity index (χ0) is 10.7. The zero-order valence-corrected chi connectivity index (χ0v) is 8.30. The number of aryl methyl sites for hydroxylation is 1. The number of hydrogen-bond acceptors (Lipinski definition) is 2. The number of carbonyl (C=O) groups is 1. The van der Waals surface area contributed by atoms with Crippen LogP contribution < -0.4 is 0 Å². The number of hydrogen-bond donors (Lipinski definition) is 1. The molecule has 3 nitrogen and oxygen atoms in total. The molecule has 0 bridgehead atoms. The summed E-state index contributed by atoms with van der Waals surface area (Å²) in [7, 11) is 0. The average molecular weight is 210 g/mol. The lowest BCUT2D eigenvalue weighted by Crippen LogP contribution is -2.03. The summed E-state index contributed by atoms with van der Waals surface area (Å²) in [5.41, 5.74) is 1.56. The van der Waals surface area contributed by atoms with E-state index < -0.39 is 5.97 Å². The van der Waals surface area contributed by atoms with Crippen LogP contribution in [-0.4, -0.2) is 11.1 Å². The quantitative estimate of drug-likeness (QED) is 0.812. The molecule has 0 aliphatic heterocycles. The van der Waals surface area contributed by atoms with Crippen LogP contribution in [0.15, 0.2) is 12.1 Å². The molecule has 1 N–H and O–H groups in total. The third-order valence-electron chi connectivity index (χ3n) is 1.77. The highest BCUT2D eigenvalue weighted by Crippen LogP contribution is 2.21. The lowest BCUT2D eigenvalue weighted by Gasteiger charge is -2.04. The van der Waals surface area contributed by atoms with Crippen LogP contribution in [0.25, 0.3) is 0 Å². The molecular weight excluding hydrogens is 202 g/mol. The van der Waals surface area contributed by atoms with Crippen molar-refractivity contribution in [2.45, 2.75) is 13.3 Å². The topological polar surface area (TPSA) is 61.1 Å². The van der Waals surface area contributed by atoms with Crippen molar-refractivity contribution in [3.8, 4) is 6.07 Å². The molecule has 0 radical (unpaired) electrons. The van der Waals surface area contributed by atoms with E-state index in [0.29, 0.717) is 10.6 Å². The first-order valence-corrected chi connectivity index (χ1v) is 4.33. The van der Waals surface area contributed by atoms with E-state index in [-0.39, 0.29) is 12.0 Å². The van der Waals surface area contributed by atoms with Crippen LogP contribution in [0.2, 0.25) is 5.02 Å². The van der Waals surface area contributed by atoms with Gasteiger partial charge in [-0.05, 0) is 24.1 Å². The first kappa shape index (κ1) is 10.6. The smallest absolute Gasteiger partial charge is 0.307 e. The van der Waals surface area contributed by atoms with E-state index >= 15 is 0 Å². The van der Waals surface area contributed by atoms with E-state index in [1.807, 2.05) is 6.07 Å². The Morgan fingerprint density at radius 2 is 2.29 bits per heavy atom. The second-order valence-corrected chi connectivity index (χ2v) is 3.37. The lowest BCUT2D eigenvalue weighted by atomic mass is 10.0. The van der Waals surface area contributed by atoms with Gasteiger partial charge in [-0.15, -0.1) is 0 Å². The van der Waals surface area contributed by atoms with Crippen LogP contribution in [0.5, 0.6) is 0 Å². The highest BCUT2D eigenvalue weighted by atomic mass is 35.5. The molecule has 0 atom stereocenters. The highest BCUT2D eigenvalue weighted by molar-refractivity contribution is 6.31. The maximum atomic E-state index is 10.5. The van der Waals surface area contributed by atoms with Crippen molar-refractivity contribution in [1.29, 1.82) is 5.26 Å². The molecule has 0 aromatic heterocycles. The molecule has 0 heterocycles. The zero-order valence-electron chi connectivity index (χ0n) is 7.54. The van der Waals surface area contributed by atoms with E-state index in [1.54, 1.807) is 19.1 Å². The average Bonchev–Trinajstić information content (AvgIpc) is 2.01. The molecule has 0 fully saturated rings. The first-order valence-electron chi connectivity index (χ1n) is 3.95. The van der Waals surface area contributed by atoms with Gasteiger partial charge >= 0.3 is 5.97 Å². The Hall–Kier alpha value is -1.53. The monoisotopic (exact) mass is 209 g/mol. The SMILES string of the molecule is Cc1cc(Cl)c(C#N)c(CC(=O)O)c1. The number of aliphatic carboxylic acids is 1. The fourth-order valence-corrected chi connectivity index (χ4v) is 1.58. The van der Waals surface area contributed by atoms with Crippen molar-refractivity contribution in [2.24, 2.45) is 0 Å². The van der Waals surface area contributed by atoms with Gasteiger partial charge in [-0.3, -0.25) is 4.79 Å². The summed E-state index contributed by atoms with van der Waals surface area (Å²) in [6.45, 7) is 1.80. The van der Waals surface area contributed by atoms with Gasteiger partial charge < -0.3 is 5.11 Å². The molecule has 0 amide bonds. The maximum Gasteiger partial charge on any atom is 0.307 e. The third-order valence-corrected chi connectivity index (χ3v) is 2.07. The fourth-order valence-electron chi connectivity index (χ4n) is 1.24. The van der Waals surface area contributed by atoms with Crippen LogP contribution in [0, 0.1) is 18.3 Å². The van der Waals surface area contributed by atoms with Crippen molar-refractivity contribution in [2.75, 3.05) is 0 Å². The Bertz CT molecular complexity index is 421. The number of rotatable bonds is 2. The molecule has 0 aliphatic carbocycles. The van der Waals surface area contributed by atoms with Crippen LogP contribution in [0.3, 0.4) is 0 Å². The van der Waals surface area contributed by atoms with Gasteiger partial charge in [0.2, 0.25) is 0 Å². The van der Waals surface area contributed by atoms with Crippen molar-refractivity contribution >= 4 is 17.6 Å². The molecule has 0 saturated heterocycles. The molecule has 0 unspecified atom stereocenters. The van der Waals surface area contributed by atoms with Gasteiger partial charge in [-0.25, -0.2) is 0 Å². The molecule has 72 valence electrons. The van der Waals surface area contributed by atoms with Crippen LogP contribution in [-0.2, 0) is 11.2 Å². The largest absolute Gasteiger partial charge is 0.481 e. The van der Waals surface area contributed by atoms with E-state index in [4.69, 9.17) is 22.0 Å². The Labute approximate surface area is 86.5 Å². The number of carboxylic acids is 1. The minimum absolute atomic E-state index is 0.176. The van der Waals surface area contributed by atoms with Crippen LogP contribution in [0.1, 0.15) is 16.7 Å². The van der Waals surface area contributed by atoms with Gasteiger partial charge in [0, 0.05) is 0 Å². The Balaban J connectivity index is 3.26. The summed E-state index contributed by atoms with van der Waals surface area (Å²) >= 11 is 5.80. The number of benzene rings is 1. The molecule has 1 aromatic carbocycles. The molecular formula is C10H8ClNO2. The number of carboxylic acid groups (broad SMARTS) is 1. The summed E-state index contributed by atoms with van der Waals surface area (Å²) in [5.74, 6) is -0.969. The minimum atomic E-state index is -0.969. The lowest BCUT2D eigenvalue weighted by molar-refractivity contribution is -0.136. The van der Waals surface area contributed by atoms with Gasteiger partial charge in [0.05, 0.1) is 17.0 Å².